The second-order valence-corrected chi connectivity index (χ2v) is 1.63. The van der Waals surface area contributed by atoms with Gasteiger partial charge in [-0.2, -0.15) is 0 Å². The Morgan fingerprint density at radius 3 is 2.30 bits per heavy atom. The minimum absolute atomic E-state index is 0. The van der Waals surface area contributed by atoms with Crippen LogP contribution in [0.5, 0.6) is 0 Å². The third-order valence-electron chi connectivity index (χ3n) is 0.999. The van der Waals surface area contributed by atoms with Crippen LogP contribution in [0.25, 0.3) is 0 Å². The molecule has 10 heavy (non-hydrogen) atoms. The zero-order chi connectivity index (χ0) is 6.53. The van der Waals surface area contributed by atoms with Crippen LogP contribution in [-0.4, -0.2) is 6.41 Å². The SMILES string of the molecule is O=CNc1ccccc1.[Na+]. The number of carbonyl (C=O) groups excluding carboxylic acids is 1. The number of carbonyl (C=O) groups is 1. The molecule has 0 bridgehead atoms. The van der Waals surface area contributed by atoms with E-state index in [1.165, 1.54) is 0 Å². The largest absolute Gasteiger partial charge is 1.00 e. The zero-order valence-corrected chi connectivity index (χ0v) is 7.87. The molecular formula is C7H7NNaO+. The van der Waals surface area contributed by atoms with E-state index in [-0.39, 0.29) is 29.6 Å². The van der Waals surface area contributed by atoms with Crippen molar-refractivity contribution in [3.8, 4) is 0 Å². The number of para-hydroxylation sites is 1. The molecule has 0 aliphatic carbocycles. The van der Waals surface area contributed by atoms with E-state index in [0.717, 1.165) is 5.69 Å². The molecule has 3 heteroatoms. The molecule has 46 valence electrons. The Bertz CT molecular complexity index is 188. The number of hydrogen-bond acceptors (Lipinski definition) is 1. The Morgan fingerprint density at radius 2 is 1.80 bits per heavy atom. The van der Waals surface area contributed by atoms with Gasteiger partial charge in [-0.05, 0) is 12.1 Å². The van der Waals surface area contributed by atoms with Crippen molar-refractivity contribution < 1.29 is 34.4 Å². The van der Waals surface area contributed by atoms with E-state index < -0.39 is 0 Å². The molecule has 0 fully saturated rings. The standard InChI is InChI=1S/C7H7NO.Na/c9-6-8-7-4-2-1-3-5-7;/h1-6H,(H,8,9);/q;+1. The summed E-state index contributed by atoms with van der Waals surface area (Å²) < 4.78 is 0. The normalized spacial score (nSPS) is 7.60. The number of benzene rings is 1. The van der Waals surface area contributed by atoms with Crippen LogP contribution in [0.2, 0.25) is 0 Å². The van der Waals surface area contributed by atoms with Crippen LogP contribution < -0.4 is 34.9 Å². The Kier molecular flexibility index (Phi) is 5.30. The van der Waals surface area contributed by atoms with Gasteiger partial charge in [0.2, 0.25) is 6.41 Å². The van der Waals surface area contributed by atoms with Crippen molar-refractivity contribution in [3.63, 3.8) is 0 Å². The maximum atomic E-state index is 9.86. The molecule has 0 heterocycles. The molecule has 1 aromatic rings. The van der Waals surface area contributed by atoms with Crippen LogP contribution in [-0.2, 0) is 4.79 Å². The van der Waals surface area contributed by atoms with E-state index in [1.807, 2.05) is 30.3 Å². The fourth-order valence-corrected chi connectivity index (χ4v) is 0.602. The summed E-state index contributed by atoms with van der Waals surface area (Å²) in [6, 6.07) is 9.29. The minimum atomic E-state index is 0. The predicted molar refractivity (Wildman–Crippen MR) is 36.1 cm³/mol. The zero-order valence-electron chi connectivity index (χ0n) is 5.87. The Morgan fingerprint density at radius 1 is 1.20 bits per heavy atom. The Hall–Kier alpha value is -0.310. The van der Waals surface area contributed by atoms with Crippen molar-refractivity contribution in [2.75, 3.05) is 5.32 Å². The van der Waals surface area contributed by atoms with Crippen molar-refractivity contribution in [2.45, 2.75) is 0 Å². The summed E-state index contributed by atoms with van der Waals surface area (Å²) in [7, 11) is 0. The first-order chi connectivity index (χ1) is 4.43. The van der Waals surface area contributed by atoms with Gasteiger partial charge >= 0.3 is 29.6 Å². The molecule has 1 amide bonds. The van der Waals surface area contributed by atoms with E-state index in [0.29, 0.717) is 6.41 Å². The van der Waals surface area contributed by atoms with Crippen molar-refractivity contribution in [1.29, 1.82) is 0 Å². The second-order valence-electron chi connectivity index (χ2n) is 1.63. The van der Waals surface area contributed by atoms with Gasteiger partial charge in [0.05, 0.1) is 0 Å². The van der Waals surface area contributed by atoms with E-state index in [9.17, 15) is 4.79 Å². The van der Waals surface area contributed by atoms with Gasteiger partial charge in [-0.25, -0.2) is 0 Å². The van der Waals surface area contributed by atoms with Gasteiger partial charge in [-0.15, -0.1) is 0 Å². The van der Waals surface area contributed by atoms with Crippen molar-refractivity contribution in [1.82, 2.24) is 0 Å². The van der Waals surface area contributed by atoms with Crippen molar-refractivity contribution in [2.24, 2.45) is 0 Å². The van der Waals surface area contributed by atoms with Gasteiger partial charge in [0, 0.05) is 5.69 Å². The third kappa shape index (κ3) is 3.01. The summed E-state index contributed by atoms with van der Waals surface area (Å²) in [6.07, 6.45) is 0.662. The number of nitrogens with one attached hydrogen (secondary N) is 1. The Balaban J connectivity index is 0.000000810. The average Bonchev–Trinajstić information content (AvgIpc) is 1.91. The van der Waals surface area contributed by atoms with Crippen molar-refractivity contribution >= 4 is 12.1 Å². The number of anilines is 1. The maximum Gasteiger partial charge on any atom is 1.00 e. The number of amides is 1. The van der Waals surface area contributed by atoms with Gasteiger partial charge in [0.1, 0.15) is 0 Å². The summed E-state index contributed by atoms with van der Waals surface area (Å²) in [6.45, 7) is 0. The summed E-state index contributed by atoms with van der Waals surface area (Å²) in [5.41, 5.74) is 0.826. The van der Waals surface area contributed by atoms with Crippen LogP contribution in [0.4, 0.5) is 5.69 Å². The molecular weight excluding hydrogens is 137 g/mol. The molecule has 0 saturated carbocycles. The van der Waals surface area contributed by atoms with E-state index >= 15 is 0 Å². The molecule has 0 aliphatic rings. The summed E-state index contributed by atoms with van der Waals surface area (Å²) in [5.74, 6) is 0. The Labute approximate surface area is 81.9 Å². The first kappa shape index (κ1) is 9.69. The molecule has 0 radical (unpaired) electrons. The van der Waals surface area contributed by atoms with Crippen LogP contribution in [0.3, 0.4) is 0 Å². The summed E-state index contributed by atoms with van der Waals surface area (Å²) >= 11 is 0. The molecule has 0 spiro atoms. The fourth-order valence-electron chi connectivity index (χ4n) is 0.602. The maximum absolute atomic E-state index is 9.86. The summed E-state index contributed by atoms with van der Waals surface area (Å²) in [5, 5.41) is 2.53. The van der Waals surface area contributed by atoms with Crippen LogP contribution >= 0.6 is 0 Å². The van der Waals surface area contributed by atoms with Gasteiger partial charge < -0.3 is 5.32 Å². The third-order valence-corrected chi connectivity index (χ3v) is 0.999. The van der Waals surface area contributed by atoms with Crippen LogP contribution in [0.1, 0.15) is 0 Å². The molecule has 0 atom stereocenters. The average molecular weight is 144 g/mol. The summed E-state index contributed by atoms with van der Waals surface area (Å²) in [4.78, 5) is 9.86. The fraction of sp³-hybridized carbons (Fsp3) is 0. The van der Waals surface area contributed by atoms with Gasteiger partial charge in [0.15, 0.2) is 0 Å². The topological polar surface area (TPSA) is 29.1 Å². The first-order valence-corrected chi connectivity index (χ1v) is 2.69. The van der Waals surface area contributed by atoms with Crippen molar-refractivity contribution in [3.05, 3.63) is 30.3 Å². The predicted octanol–water partition coefficient (Wildman–Crippen LogP) is -1.74. The number of rotatable bonds is 2. The van der Waals surface area contributed by atoms with Gasteiger partial charge in [-0.3, -0.25) is 4.79 Å². The van der Waals surface area contributed by atoms with Gasteiger partial charge in [0.25, 0.3) is 0 Å². The van der Waals surface area contributed by atoms with E-state index in [1.54, 1.807) is 0 Å². The van der Waals surface area contributed by atoms with Crippen LogP contribution in [0.15, 0.2) is 30.3 Å². The molecule has 1 aromatic carbocycles. The molecule has 0 saturated heterocycles. The smallest absolute Gasteiger partial charge is 0.329 e. The molecule has 2 nitrogen and oxygen atoms in total. The molecule has 1 rings (SSSR count). The molecule has 0 aliphatic heterocycles. The second kappa shape index (κ2) is 5.47. The quantitative estimate of drug-likeness (QED) is 0.387. The van der Waals surface area contributed by atoms with E-state index in [2.05, 4.69) is 5.32 Å². The monoisotopic (exact) mass is 144 g/mol. The van der Waals surface area contributed by atoms with Gasteiger partial charge in [-0.1, -0.05) is 18.2 Å². The minimum Gasteiger partial charge on any atom is -0.329 e. The number of hydrogen-bond donors (Lipinski definition) is 1. The van der Waals surface area contributed by atoms with Crippen LogP contribution in [0, 0.1) is 0 Å². The first-order valence-electron chi connectivity index (χ1n) is 2.69. The molecule has 1 N–H and O–H groups in total. The van der Waals surface area contributed by atoms with E-state index in [4.69, 9.17) is 0 Å². The molecule has 0 unspecified atom stereocenters. The molecule has 0 aromatic heterocycles.